The number of aryl methyl sites for hydroxylation is 2. The first-order valence-corrected chi connectivity index (χ1v) is 7.98. The largest absolute Gasteiger partial charge is 0.376 e. The van der Waals surface area contributed by atoms with Gasteiger partial charge in [-0.05, 0) is 37.0 Å². The lowest BCUT2D eigenvalue weighted by Crippen LogP contribution is -2.42. The molecule has 1 saturated heterocycles. The highest BCUT2D eigenvalue weighted by molar-refractivity contribution is 5.21. The molecule has 0 aliphatic carbocycles. The molecule has 3 rings (SSSR count). The third-order valence-electron chi connectivity index (χ3n) is 4.21. The van der Waals surface area contributed by atoms with Crippen LogP contribution in [0.2, 0.25) is 0 Å². The van der Waals surface area contributed by atoms with Gasteiger partial charge in [0.25, 0.3) is 5.56 Å². The van der Waals surface area contributed by atoms with E-state index in [-0.39, 0.29) is 11.7 Å². The summed E-state index contributed by atoms with van der Waals surface area (Å²) in [6.45, 7) is 5.63. The van der Waals surface area contributed by atoms with Crippen molar-refractivity contribution in [1.29, 1.82) is 0 Å². The van der Waals surface area contributed by atoms with Gasteiger partial charge < -0.3 is 9.72 Å². The minimum atomic E-state index is -0.102. The van der Waals surface area contributed by atoms with E-state index in [1.54, 1.807) is 6.07 Å². The molecule has 0 amide bonds. The van der Waals surface area contributed by atoms with E-state index in [0.29, 0.717) is 0 Å². The number of pyridine rings is 1. The van der Waals surface area contributed by atoms with Gasteiger partial charge in [0, 0.05) is 43.8 Å². The molecular formula is C17H22N4O2. The Morgan fingerprint density at radius 2 is 2.39 bits per heavy atom. The Morgan fingerprint density at radius 3 is 3.22 bits per heavy atom. The van der Waals surface area contributed by atoms with E-state index >= 15 is 0 Å². The quantitative estimate of drug-likeness (QED) is 0.901. The molecule has 1 atom stereocenters. The van der Waals surface area contributed by atoms with Crippen LogP contribution in [-0.4, -0.2) is 45.7 Å². The fraction of sp³-hybridized carbons (Fsp3) is 0.471. The highest BCUT2D eigenvalue weighted by Crippen LogP contribution is 2.15. The Balaban J connectivity index is 1.54. The van der Waals surface area contributed by atoms with Crippen molar-refractivity contribution in [3.63, 3.8) is 0 Å². The van der Waals surface area contributed by atoms with Crippen molar-refractivity contribution in [3.8, 4) is 0 Å². The third kappa shape index (κ3) is 4.46. The zero-order valence-electron chi connectivity index (χ0n) is 13.4. The van der Waals surface area contributed by atoms with Gasteiger partial charge in [0.05, 0.1) is 19.0 Å². The van der Waals surface area contributed by atoms with Gasteiger partial charge in [0.2, 0.25) is 0 Å². The molecule has 1 aliphatic heterocycles. The molecule has 0 radical (unpaired) electrons. The zero-order valence-corrected chi connectivity index (χ0v) is 13.4. The van der Waals surface area contributed by atoms with Crippen LogP contribution in [0.25, 0.3) is 0 Å². The van der Waals surface area contributed by atoms with Crippen LogP contribution >= 0.6 is 0 Å². The van der Waals surface area contributed by atoms with E-state index in [1.807, 2.05) is 12.4 Å². The number of morpholine rings is 1. The fourth-order valence-corrected chi connectivity index (χ4v) is 2.87. The monoisotopic (exact) mass is 314 g/mol. The Bertz CT molecular complexity index is 701. The smallest absolute Gasteiger partial charge is 0.250 e. The molecule has 23 heavy (non-hydrogen) atoms. The molecule has 0 aromatic carbocycles. The van der Waals surface area contributed by atoms with Crippen LogP contribution in [0.15, 0.2) is 35.6 Å². The standard InChI is InChI=1S/C17H22N4O2/c1-13-9-18-5-4-14(13)10-21-6-7-23-16(11-21)3-2-15-8-17(22)20-12-19-15/h4-5,8-9,12,16H,2-3,6-7,10-11H2,1H3,(H,19,20,22)/t16-/m0/s1. The van der Waals surface area contributed by atoms with Crippen molar-refractivity contribution >= 4 is 0 Å². The predicted octanol–water partition coefficient (Wildman–Crippen LogP) is 1.31. The van der Waals surface area contributed by atoms with E-state index < -0.39 is 0 Å². The summed E-state index contributed by atoms with van der Waals surface area (Å²) < 4.78 is 5.86. The number of nitrogens with one attached hydrogen (secondary N) is 1. The molecule has 6 nitrogen and oxygen atoms in total. The molecular weight excluding hydrogens is 292 g/mol. The van der Waals surface area contributed by atoms with E-state index in [2.05, 4.69) is 32.8 Å². The van der Waals surface area contributed by atoms with Crippen LogP contribution < -0.4 is 5.56 Å². The molecule has 1 fully saturated rings. The first kappa shape index (κ1) is 15.8. The second-order valence-electron chi connectivity index (χ2n) is 5.97. The minimum Gasteiger partial charge on any atom is -0.376 e. The van der Waals surface area contributed by atoms with Gasteiger partial charge in [-0.1, -0.05) is 0 Å². The average molecular weight is 314 g/mol. The maximum Gasteiger partial charge on any atom is 0.250 e. The van der Waals surface area contributed by atoms with Crippen molar-refractivity contribution in [1.82, 2.24) is 19.9 Å². The third-order valence-corrected chi connectivity index (χ3v) is 4.21. The first-order chi connectivity index (χ1) is 11.2. The summed E-state index contributed by atoms with van der Waals surface area (Å²) in [5.74, 6) is 0. The van der Waals surface area contributed by atoms with Gasteiger partial charge in [-0.15, -0.1) is 0 Å². The summed E-state index contributed by atoms with van der Waals surface area (Å²) in [5, 5.41) is 0. The van der Waals surface area contributed by atoms with Crippen LogP contribution in [0, 0.1) is 6.92 Å². The number of aromatic amines is 1. The number of ether oxygens (including phenoxy) is 1. The van der Waals surface area contributed by atoms with E-state index in [1.165, 1.54) is 17.5 Å². The Hall–Kier alpha value is -2.05. The molecule has 6 heteroatoms. The van der Waals surface area contributed by atoms with Gasteiger partial charge >= 0.3 is 0 Å². The maximum atomic E-state index is 11.3. The Morgan fingerprint density at radius 1 is 1.48 bits per heavy atom. The topological polar surface area (TPSA) is 71.1 Å². The van der Waals surface area contributed by atoms with Crippen molar-refractivity contribution in [2.75, 3.05) is 19.7 Å². The van der Waals surface area contributed by atoms with Gasteiger partial charge in [0.15, 0.2) is 0 Å². The number of hydrogen-bond acceptors (Lipinski definition) is 5. The van der Waals surface area contributed by atoms with Crippen LogP contribution in [0.1, 0.15) is 23.2 Å². The second-order valence-corrected chi connectivity index (χ2v) is 5.97. The SMILES string of the molecule is Cc1cnccc1CN1CCO[C@@H](CCc2cc(=O)[nH]cn2)C1. The van der Waals surface area contributed by atoms with Crippen molar-refractivity contribution in [2.45, 2.75) is 32.4 Å². The normalized spacial score (nSPS) is 18.9. The molecule has 0 saturated carbocycles. The van der Waals surface area contributed by atoms with E-state index in [4.69, 9.17) is 4.74 Å². The molecule has 0 spiro atoms. The number of nitrogens with zero attached hydrogens (tertiary/aromatic N) is 3. The summed E-state index contributed by atoms with van der Waals surface area (Å²) in [6.07, 6.45) is 7.04. The van der Waals surface area contributed by atoms with Crippen LogP contribution in [0.5, 0.6) is 0 Å². The van der Waals surface area contributed by atoms with Crippen LogP contribution in [0.3, 0.4) is 0 Å². The van der Waals surface area contributed by atoms with Crippen molar-refractivity contribution in [2.24, 2.45) is 0 Å². The van der Waals surface area contributed by atoms with Gasteiger partial charge in [-0.3, -0.25) is 14.7 Å². The predicted molar refractivity (Wildman–Crippen MR) is 87.2 cm³/mol. The van der Waals surface area contributed by atoms with Crippen molar-refractivity contribution < 1.29 is 4.74 Å². The summed E-state index contributed by atoms with van der Waals surface area (Å²) >= 11 is 0. The van der Waals surface area contributed by atoms with E-state index in [0.717, 1.165) is 44.8 Å². The number of H-pyrrole nitrogens is 1. The number of rotatable bonds is 5. The van der Waals surface area contributed by atoms with Gasteiger partial charge in [-0.25, -0.2) is 4.98 Å². The van der Waals surface area contributed by atoms with Crippen LogP contribution in [-0.2, 0) is 17.7 Å². The highest BCUT2D eigenvalue weighted by atomic mass is 16.5. The lowest BCUT2D eigenvalue weighted by atomic mass is 10.1. The number of aromatic nitrogens is 3. The van der Waals surface area contributed by atoms with Gasteiger partial charge in [0.1, 0.15) is 0 Å². The second kappa shape index (κ2) is 7.48. The van der Waals surface area contributed by atoms with Crippen molar-refractivity contribution in [3.05, 3.63) is 58.0 Å². The summed E-state index contributed by atoms with van der Waals surface area (Å²) in [7, 11) is 0. The fourth-order valence-electron chi connectivity index (χ4n) is 2.87. The molecule has 2 aromatic rings. The average Bonchev–Trinajstić information content (AvgIpc) is 2.56. The molecule has 0 bridgehead atoms. The maximum absolute atomic E-state index is 11.3. The summed E-state index contributed by atoms with van der Waals surface area (Å²) in [5.41, 5.74) is 3.26. The van der Waals surface area contributed by atoms with Crippen LogP contribution in [0.4, 0.5) is 0 Å². The lowest BCUT2D eigenvalue weighted by molar-refractivity contribution is -0.0347. The minimum absolute atomic E-state index is 0.102. The summed E-state index contributed by atoms with van der Waals surface area (Å²) in [4.78, 5) is 24.6. The molecule has 0 unspecified atom stereocenters. The molecule has 2 aromatic heterocycles. The zero-order chi connectivity index (χ0) is 16.1. The molecule has 1 aliphatic rings. The first-order valence-electron chi connectivity index (χ1n) is 7.98. The van der Waals surface area contributed by atoms with Gasteiger partial charge in [-0.2, -0.15) is 0 Å². The molecule has 122 valence electrons. The summed E-state index contributed by atoms with van der Waals surface area (Å²) in [6, 6.07) is 3.64. The molecule has 1 N–H and O–H groups in total. The number of hydrogen-bond donors (Lipinski definition) is 1. The lowest BCUT2D eigenvalue weighted by Gasteiger charge is -2.33. The Labute approximate surface area is 135 Å². The highest BCUT2D eigenvalue weighted by Gasteiger charge is 2.21. The molecule has 3 heterocycles. The Kier molecular flexibility index (Phi) is 5.15. The van der Waals surface area contributed by atoms with E-state index in [9.17, 15) is 4.79 Å².